The number of hydrogen-bond acceptors (Lipinski definition) is 11. The molecular formula is C15H19N6O8+. The molecule has 0 bridgehead atoms. The lowest BCUT2D eigenvalue weighted by Crippen LogP contribution is -2.56. The molecular weight excluding hydrogens is 392 g/mol. The zero-order chi connectivity index (χ0) is 21.6. The van der Waals surface area contributed by atoms with Crippen molar-refractivity contribution in [1.82, 2.24) is 15.8 Å². The maximum atomic E-state index is 12.3. The summed E-state index contributed by atoms with van der Waals surface area (Å²) in [4.78, 5) is 64.8. The number of carbonyl (C=O) groups excluding carboxylic acids is 4. The van der Waals surface area contributed by atoms with Gasteiger partial charge in [-0.25, -0.2) is 35.5 Å². The van der Waals surface area contributed by atoms with Crippen molar-refractivity contribution in [3.05, 3.63) is 23.9 Å². The summed E-state index contributed by atoms with van der Waals surface area (Å²) >= 11 is 0. The van der Waals surface area contributed by atoms with Crippen LogP contribution in [0.25, 0.3) is 0 Å². The Labute approximate surface area is 163 Å². The number of carbonyl (C=O) groups is 5. The molecule has 0 spiro atoms. The average Bonchev–Trinajstić information content (AvgIpc) is 2.94. The summed E-state index contributed by atoms with van der Waals surface area (Å²) in [6, 6.07) is 1.31. The third-order valence-corrected chi connectivity index (χ3v) is 3.92. The van der Waals surface area contributed by atoms with E-state index in [1.165, 1.54) is 18.3 Å². The first-order valence-electron chi connectivity index (χ1n) is 8.29. The number of nitrogen functional groups attached to an aromatic ring is 1. The summed E-state index contributed by atoms with van der Waals surface area (Å²) < 4.78 is 0. The molecule has 156 valence electrons. The largest absolute Gasteiger partial charge is 0.481 e. The minimum absolute atomic E-state index is 0.0809. The molecule has 1 saturated heterocycles. The van der Waals surface area contributed by atoms with Crippen molar-refractivity contribution in [2.75, 3.05) is 5.43 Å². The minimum atomic E-state index is -2.16. The number of aliphatic carboxylic acids is 1. The summed E-state index contributed by atoms with van der Waals surface area (Å²) in [5.41, 5.74) is 6.80. The number of anilines is 1. The number of amides is 3. The van der Waals surface area contributed by atoms with Gasteiger partial charge in [-0.1, -0.05) is 0 Å². The van der Waals surface area contributed by atoms with E-state index in [-0.39, 0.29) is 24.8 Å². The highest BCUT2D eigenvalue weighted by Crippen LogP contribution is 2.21. The van der Waals surface area contributed by atoms with Crippen LogP contribution in [0.4, 0.5) is 5.82 Å². The van der Waals surface area contributed by atoms with E-state index in [1.807, 2.05) is 0 Å². The van der Waals surface area contributed by atoms with Crippen molar-refractivity contribution in [3.8, 4) is 0 Å². The summed E-state index contributed by atoms with van der Waals surface area (Å²) in [5.74, 6) is 0.115. The van der Waals surface area contributed by atoms with E-state index < -0.39 is 46.9 Å². The molecule has 0 aliphatic carbocycles. The second-order valence-electron chi connectivity index (χ2n) is 5.93. The first-order valence-corrected chi connectivity index (χ1v) is 8.29. The number of nitrogens with two attached hydrogens (primary N) is 1. The van der Waals surface area contributed by atoms with Gasteiger partial charge in [0.1, 0.15) is 16.7 Å². The van der Waals surface area contributed by atoms with Crippen molar-refractivity contribution in [2.45, 2.75) is 31.7 Å². The van der Waals surface area contributed by atoms with Crippen LogP contribution < -0.4 is 22.1 Å². The molecule has 0 radical (unpaired) electrons. The highest BCUT2D eigenvalue weighted by molar-refractivity contribution is 5.94. The number of carboxylic acid groups (broad SMARTS) is 1. The molecule has 1 fully saturated rings. The third-order valence-electron chi connectivity index (χ3n) is 3.92. The maximum Gasteiger partial charge on any atom is 0.397 e. The van der Waals surface area contributed by atoms with Crippen LogP contribution in [-0.2, 0) is 24.0 Å². The Bertz CT molecular complexity index is 811. The van der Waals surface area contributed by atoms with E-state index in [4.69, 9.17) is 10.9 Å². The fourth-order valence-corrected chi connectivity index (χ4v) is 2.31. The second-order valence-corrected chi connectivity index (χ2v) is 5.93. The van der Waals surface area contributed by atoms with Gasteiger partial charge < -0.3 is 10.5 Å². The normalized spacial score (nSPS) is 16.2. The number of hydrogen-bond donors (Lipinski definition) is 6. The van der Waals surface area contributed by atoms with Gasteiger partial charge in [-0.2, -0.15) is 5.21 Å². The van der Waals surface area contributed by atoms with Crippen molar-refractivity contribution < 1.29 is 43.9 Å². The Morgan fingerprint density at radius 1 is 1.24 bits per heavy atom. The zero-order valence-electron chi connectivity index (χ0n) is 15.0. The number of aromatic nitrogens is 1. The predicted octanol–water partition coefficient (Wildman–Crippen LogP) is -1.65. The highest BCUT2D eigenvalue weighted by Gasteiger charge is 2.56. The molecule has 1 aromatic rings. The van der Waals surface area contributed by atoms with Crippen LogP contribution in [0.2, 0.25) is 0 Å². The van der Waals surface area contributed by atoms with E-state index in [1.54, 1.807) is 0 Å². The van der Waals surface area contributed by atoms with Crippen LogP contribution in [0.1, 0.15) is 36.0 Å². The number of nitrogens with one attached hydrogen (secondary N) is 3. The lowest BCUT2D eigenvalue weighted by Gasteiger charge is -2.20. The third kappa shape index (κ3) is 5.29. The number of imide groups is 1. The molecule has 2 heterocycles. The molecule has 14 heteroatoms. The predicted molar refractivity (Wildman–Crippen MR) is 90.7 cm³/mol. The van der Waals surface area contributed by atoms with Crippen LogP contribution >= 0.6 is 0 Å². The number of hydrazine groups is 2. The molecule has 7 N–H and O–H groups in total. The lowest BCUT2D eigenvalue weighted by molar-refractivity contribution is -1.12. The SMILES string of the molecule is NNc1ccc(C(=O)NN[C@@H](CCC(=O)O)C(=O)O[N+]2(O)C(=O)CCC2=O)cn1. The van der Waals surface area contributed by atoms with Crippen molar-refractivity contribution in [1.29, 1.82) is 0 Å². The Balaban J connectivity index is 2.05. The summed E-state index contributed by atoms with van der Waals surface area (Å²) in [6.07, 6.45) is -0.313. The van der Waals surface area contributed by atoms with Gasteiger partial charge in [-0.3, -0.25) is 15.0 Å². The lowest BCUT2D eigenvalue weighted by atomic mass is 10.1. The highest BCUT2D eigenvalue weighted by atomic mass is 17.0. The zero-order valence-corrected chi connectivity index (χ0v) is 15.0. The number of nitrogens with zero attached hydrogens (tertiary/aromatic N) is 2. The first-order chi connectivity index (χ1) is 13.7. The van der Waals surface area contributed by atoms with Gasteiger partial charge in [0.05, 0.1) is 18.4 Å². The smallest absolute Gasteiger partial charge is 0.397 e. The van der Waals surface area contributed by atoms with Gasteiger partial charge in [0.25, 0.3) is 5.91 Å². The van der Waals surface area contributed by atoms with Crippen LogP contribution in [0.3, 0.4) is 0 Å². The van der Waals surface area contributed by atoms with E-state index in [9.17, 15) is 29.2 Å². The van der Waals surface area contributed by atoms with Crippen molar-refractivity contribution in [3.63, 3.8) is 0 Å². The summed E-state index contributed by atoms with van der Waals surface area (Å²) in [6.45, 7) is 0. The van der Waals surface area contributed by atoms with Gasteiger partial charge in [0, 0.05) is 12.6 Å². The van der Waals surface area contributed by atoms with E-state index >= 15 is 0 Å². The van der Waals surface area contributed by atoms with Crippen molar-refractivity contribution in [2.24, 2.45) is 5.84 Å². The molecule has 0 aromatic carbocycles. The molecule has 0 unspecified atom stereocenters. The van der Waals surface area contributed by atoms with Gasteiger partial charge in [-0.05, 0) is 18.6 Å². The van der Waals surface area contributed by atoms with Crippen molar-refractivity contribution >= 4 is 35.5 Å². The quantitative estimate of drug-likeness (QED) is 0.0887. The molecule has 29 heavy (non-hydrogen) atoms. The van der Waals surface area contributed by atoms with E-state index in [2.05, 4.69) is 26.1 Å². The molecule has 2 rings (SSSR count). The minimum Gasteiger partial charge on any atom is -0.481 e. The van der Waals surface area contributed by atoms with E-state index in [0.29, 0.717) is 5.82 Å². The summed E-state index contributed by atoms with van der Waals surface area (Å²) in [7, 11) is 0. The second kappa shape index (κ2) is 9.16. The van der Waals surface area contributed by atoms with Crippen LogP contribution in [0, 0.1) is 0 Å². The molecule has 1 aliphatic rings. The topological polar surface area (TPSA) is 210 Å². The number of rotatable bonds is 9. The average molecular weight is 411 g/mol. The molecule has 14 nitrogen and oxygen atoms in total. The molecule has 1 atom stereocenters. The van der Waals surface area contributed by atoms with Crippen LogP contribution in [0.15, 0.2) is 18.3 Å². The van der Waals surface area contributed by atoms with Crippen LogP contribution in [-0.4, -0.2) is 55.8 Å². The fraction of sp³-hybridized carbons (Fsp3) is 0.333. The van der Waals surface area contributed by atoms with Gasteiger partial charge in [0.2, 0.25) is 0 Å². The van der Waals surface area contributed by atoms with Gasteiger partial charge >= 0.3 is 23.8 Å². The fourth-order valence-electron chi connectivity index (χ4n) is 2.31. The maximum absolute atomic E-state index is 12.3. The van der Waals surface area contributed by atoms with E-state index in [0.717, 1.165) is 0 Å². The summed E-state index contributed by atoms with van der Waals surface area (Å²) in [5, 5.41) is 18.8. The molecule has 1 aliphatic heterocycles. The number of pyridine rings is 1. The molecule has 1 aromatic heterocycles. The van der Waals surface area contributed by atoms with Gasteiger partial charge in [-0.15, -0.1) is 0 Å². The first kappa shape index (κ1) is 21.8. The molecule has 3 amide bonds. The monoisotopic (exact) mass is 411 g/mol. The van der Waals surface area contributed by atoms with Gasteiger partial charge in [0.15, 0.2) is 0 Å². The Morgan fingerprint density at radius 3 is 2.41 bits per heavy atom. The Hall–Kier alpha value is -3.46. The number of hydroxylamine groups is 4. The standard InChI is InChI=1S/C15H18N6O8/c16-18-10-3-1-8(7-17-10)14(26)20-19-9(2-6-13(24)25)15(27)29-21(28)11(22)4-5-12(21)23/h1,3,7,9,19,28H,2,4-6,16H2,(H2-,17,18,20,24,25,26)/p+1/t9-/m0/s1. The Kier molecular flexibility index (Phi) is 6.89. The number of carboxylic acids is 1. The number of quaternary nitrogens is 1. The molecule has 0 saturated carbocycles. The Morgan fingerprint density at radius 2 is 1.90 bits per heavy atom. The van der Waals surface area contributed by atoms with Crippen LogP contribution in [0.5, 0.6) is 0 Å².